The molecule has 1 N–H and O–H groups in total. The van der Waals surface area contributed by atoms with Crippen LogP contribution in [0.3, 0.4) is 0 Å². The summed E-state index contributed by atoms with van der Waals surface area (Å²) in [7, 11) is 0. The molecule has 0 fully saturated rings. The minimum Gasteiger partial charge on any atom is -0.487 e. The number of para-hydroxylation sites is 1. The van der Waals surface area contributed by atoms with Crippen molar-refractivity contribution in [1.82, 2.24) is 10.4 Å². The number of hydrogen-bond acceptors (Lipinski definition) is 4. The van der Waals surface area contributed by atoms with Gasteiger partial charge in [-0.15, -0.1) is 0 Å². The van der Waals surface area contributed by atoms with Gasteiger partial charge in [0.15, 0.2) is 0 Å². The van der Waals surface area contributed by atoms with E-state index < -0.39 is 0 Å². The number of amides is 1. The highest BCUT2D eigenvalue weighted by Gasteiger charge is 2.15. The quantitative estimate of drug-likeness (QED) is 0.103. The molecule has 5 rings (SSSR count). The van der Waals surface area contributed by atoms with Gasteiger partial charge in [-0.3, -0.25) is 4.79 Å². The van der Waals surface area contributed by atoms with Gasteiger partial charge >= 0.3 is 0 Å². The van der Waals surface area contributed by atoms with E-state index in [1.165, 1.54) is 0 Å². The van der Waals surface area contributed by atoms with Crippen LogP contribution in [-0.4, -0.2) is 17.1 Å². The Morgan fingerprint density at radius 2 is 1.77 bits per heavy atom. The zero-order valence-corrected chi connectivity index (χ0v) is 25.4. The predicted molar refractivity (Wildman–Crippen MR) is 170 cm³/mol. The lowest BCUT2D eigenvalue weighted by Gasteiger charge is -2.13. The van der Waals surface area contributed by atoms with E-state index >= 15 is 0 Å². The van der Waals surface area contributed by atoms with Crippen molar-refractivity contribution < 1.29 is 9.53 Å². The third kappa shape index (κ3) is 6.61. The summed E-state index contributed by atoms with van der Waals surface area (Å²) >= 11 is 18.1. The summed E-state index contributed by atoms with van der Waals surface area (Å²) in [4.78, 5) is 18.1. The smallest absolute Gasteiger partial charge is 0.272 e. The summed E-state index contributed by atoms with van der Waals surface area (Å²) in [6, 6.07) is 28.2. The van der Waals surface area contributed by atoms with Crippen molar-refractivity contribution in [3.63, 3.8) is 0 Å². The standard InChI is InChI=1S/C30H19BrCl2IN3O2/c31-21-12-20(29(26(34)13-21)39-17-19-10-11-22(32)14-25(19)33)16-35-37-30(38)24-15-28(18-6-2-1-3-7-18)36-27-9-5-4-8-23(24)27/h1-16H,17H2,(H,37,38)/b35-16-. The number of nitrogens with one attached hydrogen (secondary N) is 1. The molecule has 0 spiro atoms. The molecule has 5 nitrogen and oxygen atoms in total. The number of carbonyl (C=O) groups is 1. The summed E-state index contributed by atoms with van der Waals surface area (Å²) in [5, 5.41) is 6.09. The van der Waals surface area contributed by atoms with Gasteiger partial charge in [0, 0.05) is 36.6 Å². The van der Waals surface area contributed by atoms with Crippen LogP contribution in [0.5, 0.6) is 5.75 Å². The largest absolute Gasteiger partial charge is 0.487 e. The van der Waals surface area contributed by atoms with Crippen molar-refractivity contribution in [1.29, 1.82) is 0 Å². The number of halogens is 4. The van der Waals surface area contributed by atoms with Crippen molar-refractivity contribution in [2.75, 3.05) is 0 Å². The lowest BCUT2D eigenvalue weighted by atomic mass is 10.0. The Labute approximate surface area is 257 Å². The SMILES string of the molecule is O=C(N/N=C\c1cc(Br)cc(I)c1OCc1ccc(Cl)cc1Cl)c1cc(-c2ccccc2)nc2ccccc12. The highest BCUT2D eigenvalue weighted by Crippen LogP contribution is 2.31. The van der Waals surface area contributed by atoms with Gasteiger partial charge in [0.25, 0.3) is 5.91 Å². The number of benzene rings is 4. The van der Waals surface area contributed by atoms with Crippen LogP contribution in [0.4, 0.5) is 0 Å². The molecule has 0 radical (unpaired) electrons. The first-order chi connectivity index (χ1) is 18.9. The predicted octanol–water partition coefficient (Wildman–Crippen LogP) is 8.92. The fourth-order valence-electron chi connectivity index (χ4n) is 3.96. The van der Waals surface area contributed by atoms with E-state index in [-0.39, 0.29) is 12.5 Å². The second-order valence-electron chi connectivity index (χ2n) is 8.47. The van der Waals surface area contributed by atoms with Gasteiger partial charge in [-0.1, -0.05) is 93.7 Å². The van der Waals surface area contributed by atoms with Crippen LogP contribution >= 0.6 is 61.7 Å². The summed E-state index contributed by atoms with van der Waals surface area (Å²) in [5.74, 6) is 0.269. The molecule has 0 saturated carbocycles. The Hall–Kier alpha value is -2.98. The van der Waals surface area contributed by atoms with Crippen molar-refractivity contribution >= 4 is 84.7 Å². The van der Waals surface area contributed by atoms with E-state index in [9.17, 15) is 4.79 Å². The van der Waals surface area contributed by atoms with Gasteiger partial charge in [0.2, 0.25) is 0 Å². The van der Waals surface area contributed by atoms with Crippen molar-refractivity contribution in [2.24, 2.45) is 5.10 Å². The number of hydrazone groups is 1. The van der Waals surface area contributed by atoms with Crippen molar-refractivity contribution in [2.45, 2.75) is 6.61 Å². The van der Waals surface area contributed by atoms with Crippen LogP contribution in [0.15, 0.2) is 101 Å². The molecule has 0 bridgehead atoms. The summed E-state index contributed by atoms with van der Waals surface area (Å²) in [6.45, 7) is 0.242. The van der Waals surface area contributed by atoms with Crippen LogP contribution in [0, 0.1) is 3.57 Å². The van der Waals surface area contributed by atoms with Gasteiger partial charge in [-0.05, 0) is 59.0 Å². The first kappa shape index (κ1) is 27.6. The molecule has 39 heavy (non-hydrogen) atoms. The molecule has 4 aromatic carbocycles. The second kappa shape index (κ2) is 12.5. The molecule has 0 saturated heterocycles. The highest BCUT2D eigenvalue weighted by molar-refractivity contribution is 14.1. The van der Waals surface area contributed by atoms with E-state index in [0.29, 0.717) is 32.6 Å². The van der Waals surface area contributed by atoms with Crippen molar-refractivity contribution in [3.05, 3.63) is 126 Å². The number of hydrogen-bond donors (Lipinski definition) is 1. The van der Waals surface area contributed by atoms with Crippen LogP contribution in [0.2, 0.25) is 10.0 Å². The molecule has 0 atom stereocenters. The Morgan fingerprint density at radius 3 is 2.56 bits per heavy atom. The maximum Gasteiger partial charge on any atom is 0.272 e. The normalized spacial score (nSPS) is 11.2. The minimum atomic E-state index is -0.345. The van der Waals surface area contributed by atoms with Gasteiger partial charge in [0.05, 0.1) is 26.6 Å². The average molecular weight is 731 g/mol. The maximum absolute atomic E-state index is 13.3. The third-order valence-electron chi connectivity index (χ3n) is 5.82. The Bertz CT molecular complexity index is 1710. The molecule has 1 heterocycles. The lowest BCUT2D eigenvalue weighted by Crippen LogP contribution is -2.18. The second-order valence-corrected chi connectivity index (χ2v) is 11.4. The molecule has 1 amide bonds. The topological polar surface area (TPSA) is 63.6 Å². The monoisotopic (exact) mass is 729 g/mol. The fourth-order valence-corrected chi connectivity index (χ4v) is 6.13. The molecule has 5 aromatic rings. The first-order valence-corrected chi connectivity index (χ1v) is 14.4. The van der Waals surface area contributed by atoms with Crippen LogP contribution in [0.1, 0.15) is 21.5 Å². The molecular weight excluding hydrogens is 712 g/mol. The summed E-state index contributed by atoms with van der Waals surface area (Å²) in [6.07, 6.45) is 1.56. The molecule has 9 heteroatoms. The van der Waals surface area contributed by atoms with Gasteiger partial charge < -0.3 is 4.74 Å². The van der Waals surface area contributed by atoms with Gasteiger partial charge in [0.1, 0.15) is 12.4 Å². The minimum absolute atomic E-state index is 0.242. The zero-order valence-electron chi connectivity index (χ0n) is 20.2. The van der Waals surface area contributed by atoms with E-state index in [1.54, 1.807) is 24.4 Å². The molecular formula is C30H19BrCl2IN3O2. The van der Waals surface area contributed by atoms with Gasteiger partial charge in [-0.2, -0.15) is 5.10 Å². The average Bonchev–Trinajstić information content (AvgIpc) is 2.93. The van der Waals surface area contributed by atoms with E-state index in [2.05, 4.69) is 49.0 Å². The number of pyridine rings is 1. The van der Waals surface area contributed by atoms with Gasteiger partial charge in [-0.25, -0.2) is 10.4 Å². The lowest BCUT2D eigenvalue weighted by molar-refractivity contribution is 0.0956. The first-order valence-electron chi connectivity index (χ1n) is 11.7. The Kier molecular flexibility index (Phi) is 8.82. The highest BCUT2D eigenvalue weighted by atomic mass is 127. The number of nitrogens with zero attached hydrogens (tertiary/aromatic N) is 2. The molecule has 194 valence electrons. The maximum atomic E-state index is 13.3. The van der Waals surface area contributed by atoms with E-state index in [4.69, 9.17) is 32.9 Å². The number of aromatic nitrogens is 1. The number of ether oxygens (including phenoxy) is 1. The van der Waals surface area contributed by atoms with Crippen molar-refractivity contribution in [3.8, 4) is 17.0 Å². The van der Waals surface area contributed by atoms with E-state index in [0.717, 1.165) is 30.1 Å². The molecule has 0 aliphatic carbocycles. The third-order valence-corrected chi connectivity index (χ3v) is 7.67. The van der Waals surface area contributed by atoms with Crippen LogP contribution < -0.4 is 10.2 Å². The fraction of sp³-hybridized carbons (Fsp3) is 0.0333. The molecule has 0 aliphatic heterocycles. The number of rotatable bonds is 7. The van der Waals surface area contributed by atoms with Crippen LogP contribution in [0.25, 0.3) is 22.2 Å². The molecule has 0 unspecified atom stereocenters. The number of fused-ring (bicyclic) bond motifs is 1. The van der Waals surface area contributed by atoms with Crippen LogP contribution in [-0.2, 0) is 6.61 Å². The number of carbonyl (C=O) groups excluding carboxylic acids is 1. The Balaban J connectivity index is 1.40. The molecule has 0 aliphatic rings. The summed E-state index contributed by atoms with van der Waals surface area (Å²) in [5.41, 5.74) is 6.99. The zero-order chi connectivity index (χ0) is 27.4. The molecule has 1 aromatic heterocycles. The van der Waals surface area contributed by atoms with E-state index in [1.807, 2.05) is 72.8 Å². The summed E-state index contributed by atoms with van der Waals surface area (Å²) < 4.78 is 7.85. The Morgan fingerprint density at radius 1 is 1.00 bits per heavy atom.